The molecule has 0 unspecified atom stereocenters. The summed E-state index contributed by atoms with van der Waals surface area (Å²) in [5, 5.41) is -0.383. The lowest BCUT2D eigenvalue weighted by molar-refractivity contribution is -0.189. The number of hydrogen-bond acceptors (Lipinski definition) is 1. The van der Waals surface area contributed by atoms with Gasteiger partial charge >= 0.3 is 6.11 Å². The van der Waals surface area contributed by atoms with Gasteiger partial charge in [-0.05, 0) is 89.7 Å². The van der Waals surface area contributed by atoms with E-state index in [1.807, 2.05) is 0 Å². The van der Waals surface area contributed by atoms with Crippen LogP contribution in [0.1, 0.15) is 56.6 Å². The minimum absolute atomic E-state index is 0.0278. The SMILES string of the molecule is CCCCCCCCc1ccc(-c2cc(F)c(-c3cc(F)c(C(F)(F)Oc4ccc(-c5cc(F)c(F)c(F)c5)c(F)c4)c(F)c3)c(Cl)c2)c(F)c1. The van der Waals surface area contributed by atoms with Gasteiger partial charge in [0.25, 0.3) is 0 Å². The zero-order chi connectivity index (χ0) is 37.0. The maximum absolute atomic E-state index is 15.4. The van der Waals surface area contributed by atoms with E-state index in [0.29, 0.717) is 36.8 Å². The van der Waals surface area contributed by atoms with Crippen molar-refractivity contribution in [2.75, 3.05) is 0 Å². The summed E-state index contributed by atoms with van der Waals surface area (Å²) in [5.74, 6) is -12.8. The largest absolute Gasteiger partial charge is 0.432 e. The molecule has 0 saturated carbocycles. The van der Waals surface area contributed by atoms with Crippen LogP contribution >= 0.6 is 11.6 Å². The number of halogens is 11. The van der Waals surface area contributed by atoms with Gasteiger partial charge in [0.15, 0.2) is 17.5 Å². The second kappa shape index (κ2) is 15.8. The highest BCUT2D eigenvalue weighted by molar-refractivity contribution is 6.33. The highest BCUT2D eigenvalue weighted by Gasteiger charge is 2.41. The van der Waals surface area contributed by atoms with Crippen molar-refractivity contribution in [1.82, 2.24) is 0 Å². The van der Waals surface area contributed by atoms with E-state index in [0.717, 1.165) is 55.9 Å². The van der Waals surface area contributed by atoms with E-state index in [1.165, 1.54) is 24.6 Å². The molecule has 0 aromatic heterocycles. The molecule has 0 atom stereocenters. The van der Waals surface area contributed by atoms with Crippen molar-refractivity contribution < 1.29 is 48.6 Å². The van der Waals surface area contributed by atoms with Crippen molar-refractivity contribution in [2.24, 2.45) is 0 Å². The standard InChI is InChI=1S/C39H29ClF10O/c1-2-3-4-5-6-7-8-21-9-11-26(29(41)13-21)22-14-28(40)36(31(43)15-22)24-18-32(44)37(33(45)19-24)39(49,50)51-25-10-12-27(30(42)20-25)23-16-34(46)38(48)35(47)17-23/h9-20H,2-8H2,1H3. The predicted molar refractivity (Wildman–Crippen MR) is 175 cm³/mol. The van der Waals surface area contributed by atoms with E-state index < -0.39 is 86.2 Å². The lowest BCUT2D eigenvalue weighted by Gasteiger charge is -2.20. The van der Waals surface area contributed by atoms with E-state index in [2.05, 4.69) is 11.7 Å². The lowest BCUT2D eigenvalue weighted by Crippen LogP contribution is -2.25. The molecule has 0 aliphatic rings. The number of alkyl halides is 2. The van der Waals surface area contributed by atoms with Crippen molar-refractivity contribution in [3.63, 3.8) is 0 Å². The van der Waals surface area contributed by atoms with E-state index >= 15 is 26.3 Å². The molecule has 0 heterocycles. The van der Waals surface area contributed by atoms with Gasteiger partial charge in [-0.1, -0.05) is 62.8 Å². The number of benzene rings is 5. The summed E-state index contributed by atoms with van der Waals surface area (Å²) < 4.78 is 151. The van der Waals surface area contributed by atoms with Crippen LogP contribution in [0.4, 0.5) is 43.9 Å². The van der Waals surface area contributed by atoms with Crippen molar-refractivity contribution in [3.8, 4) is 39.1 Å². The monoisotopic (exact) mass is 738 g/mol. The molecule has 0 bridgehead atoms. The fourth-order valence-corrected chi connectivity index (χ4v) is 6.08. The maximum Gasteiger partial charge on any atom is 0.432 e. The normalized spacial score (nSPS) is 11.7. The number of rotatable bonds is 13. The summed E-state index contributed by atoms with van der Waals surface area (Å²) in [6.07, 6.45) is 2.36. The first-order chi connectivity index (χ1) is 24.2. The third-order valence-electron chi connectivity index (χ3n) is 8.31. The summed E-state index contributed by atoms with van der Waals surface area (Å²) in [6, 6.07) is 10.3. The smallest absolute Gasteiger partial charge is 0.429 e. The Hall–Kier alpha value is -4.51. The minimum Gasteiger partial charge on any atom is -0.429 e. The molecule has 0 aliphatic carbocycles. The van der Waals surface area contributed by atoms with Crippen molar-refractivity contribution in [3.05, 3.63) is 135 Å². The van der Waals surface area contributed by atoms with Crippen LogP contribution in [0.15, 0.2) is 72.8 Å². The summed E-state index contributed by atoms with van der Waals surface area (Å²) >= 11 is 6.29. The van der Waals surface area contributed by atoms with Crippen LogP contribution in [0.2, 0.25) is 5.02 Å². The Bertz CT molecular complexity index is 1990. The Balaban J connectivity index is 1.35. The first kappa shape index (κ1) is 37.7. The van der Waals surface area contributed by atoms with Gasteiger partial charge in [0, 0.05) is 22.8 Å². The fraction of sp³-hybridized carbons (Fsp3) is 0.231. The molecule has 12 heteroatoms. The molecule has 0 fully saturated rings. The van der Waals surface area contributed by atoms with Crippen LogP contribution in [0.25, 0.3) is 33.4 Å². The minimum atomic E-state index is -4.75. The average Bonchev–Trinajstić information content (AvgIpc) is 3.04. The van der Waals surface area contributed by atoms with E-state index in [-0.39, 0.29) is 16.1 Å². The maximum atomic E-state index is 15.4. The Morgan fingerprint density at radius 1 is 0.549 bits per heavy atom. The van der Waals surface area contributed by atoms with E-state index in [4.69, 9.17) is 11.6 Å². The molecule has 0 saturated heterocycles. The third kappa shape index (κ3) is 8.52. The number of aryl methyl sites for hydroxylation is 1. The molecular formula is C39H29ClF10O. The molecule has 51 heavy (non-hydrogen) atoms. The molecule has 0 amide bonds. The highest BCUT2D eigenvalue weighted by Crippen LogP contribution is 2.41. The predicted octanol–water partition coefficient (Wildman–Crippen LogP) is 13.5. The van der Waals surface area contributed by atoms with Crippen molar-refractivity contribution in [2.45, 2.75) is 58.0 Å². The second-order valence-corrected chi connectivity index (χ2v) is 12.4. The number of unbranched alkanes of at least 4 members (excludes halogenated alkanes) is 5. The summed E-state index contributed by atoms with van der Waals surface area (Å²) in [4.78, 5) is 0. The quantitative estimate of drug-likeness (QED) is 0.0664. The molecule has 0 aliphatic heterocycles. The highest BCUT2D eigenvalue weighted by atomic mass is 35.5. The molecule has 0 spiro atoms. The van der Waals surface area contributed by atoms with E-state index in [9.17, 15) is 17.6 Å². The zero-order valence-corrected chi connectivity index (χ0v) is 27.7. The van der Waals surface area contributed by atoms with Crippen molar-refractivity contribution in [1.29, 1.82) is 0 Å². The second-order valence-electron chi connectivity index (χ2n) is 12.0. The molecule has 1 nitrogen and oxygen atoms in total. The molecule has 0 radical (unpaired) electrons. The molecule has 5 aromatic carbocycles. The summed E-state index contributed by atoms with van der Waals surface area (Å²) in [7, 11) is 0. The summed E-state index contributed by atoms with van der Waals surface area (Å²) in [5.41, 5.74) is -3.13. The van der Waals surface area contributed by atoms with Gasteiger partial charge in [0.1, 0.15) is 40.4 Å². The van der Waals surface area contributed by atoms with Crippen molar-refractivity contribution >= 4 is 11.6 Å². The molecule has 5 rings (SSSR count). The summed E-state index contributed by atoms with van der Waals surface area (Å²) in [6.45, 7) is 2.13. The number of ether oxygens (including phenoxy) is 1. The van der Waals surface area contributed by atoms with Gasteiger partial charge in [0.2, 0.25) is 0 Å². The van der Waals surface area contributed by atoms with Gasteiger partial charge in [-0.25, -0.2) is 35.1 Å². The third-order valence-corrected chi connectivity index (χ3v) is 8.61. The van der Waals surface area contributed by atoms with Crippen LogP contribution in [-0.4, -0.2) is 0 Å². The van der Waals surface area contributed by atoms with Gasteiger partial charge < -0.3 is 4.74 Å². The Kier molecular flexibility index (Phi) is 11.7. The Morgan fingerprint density at radius 2 is 1.08 bits per heavy atom. The Labute approximate surface area is 292 Å². The zero-order valence-electron chi connectivity index (χ0n) is 26.9. The van der Waals surface area contributed by atoms with E-state index in [1.54, 1.807) is 6.07 Å². The lowest BCUT2D eigenvalue weighted by atomic mass is 9.96. The average molecular weight is 739 g/mol. The Morgan fingerprint density at radius 3 is 1.67 bits per heavy atom. The van der Waals surface area contributed by atoms with Crippen LogP contribution < -0.4 is 4.74 Å². The first-order valence-electron chi connectivity index (χ1n) is 16.0. The van der Waals surface area contributed by atoms with Crippen LogP contribution in [0, 0.1) is 46.5 Å². The molecular weight excluding hydrogens is 710 g/mol. The van der Waals surface area contributed by atoms with Crippen LogP contribution in [0.3, 0.4) is 0 Å². The molecule has 5 aromatic rings. The van der Waals surface area contributed by atoms with Crippen LogP contribution in [-0.2, 0) is 12.5 Å². The molecule has 268 valence electrons. The first-order valence-corrected chi connectivity index (χ1v) is 16.4. The van der Waals surface area contributed by atoms with Gasteiger partial charge in [0.05, 0.1) is 5.02 Å². The molecule has 0 N–H and O–H groups in total. The number of hydrogen-bond donors (Lipinski definition) is 0. The van der Waals surface area contributed by atoms with Gasteiger partial charge in [-0.15, -0.1) is 0 Å². The van der Waals surface area contributed by atoms with Crippen LogP contribution in [0.5, 0.6) is 5.75 Å². The topological polar surface area (TPSA) is 9.23 Å². The fourth-order valence-electron chi connectivity index (χ4n) is 5.76. The van der Waals surface area contributed by atoms with Gasteiger partial charge in [-0.3, -0.25) is 0 Å². The van der Waals surface area contributed by atoms with Gasteiger partial charge in [-0.2, -0.15) is 8.78 Å².